The summed E-state index contributed by atoms with van der Waals surface area (Å²) < 4.78 is 32.4. The van der Waals surface area contributed by atoms with Crippen LogP contribution in [-0.4, -0.2) is 36.6 Å². The average Bonchev–Trinajstić information content (AvgIpc) is 2.75. The van der Waals surface area contributed by atoms with Gasteiger partial charge in [-0.1, -0.05) is 39.0 Å². The number of halogens is 1. The molecule has 2 aromatic carbocycles. The molecule has 0 amide bonds. The van der Waals surface area contributed by atoms with E-state index in [1.54, 1.807) is 24.3 Å². The van der Waals surface area contributed by atoms with Crippen LogP contribution in [0.25, 0.3) is 17.8 Å². The summed E-state index contributed by atoms with van der Waals surface area (Å²) in [7, 11) is -2.01. The first-order chi connectivity index (χ1) is 16.7. The molecular weight excluding hydrogens is 506 g/mol. The van der Waals surface area contributed by atoms with Gasteiger partial charge in [0.15, 0.2) is 0 Å². The summed E-state index contributed by atoms with van der Waals surface area (Å²) in [5.41, 5.74) is 1.19. The van der Waals surface area contributed by atoms with Gasteiger partial charge in [0.2, 0.25) is 10.0 Å². The van der Waals surface area contributed by atoms with Gasteiger partial charge in [0.1, 0.15) is 5.75 Å². The Kier molecular flexibility index (Phi) is 7.61. The predicted octanol–water partition coefficient (Wildman–Crippen LogP) is 3.75. The second-order valence-electron chi connectivity index (χ2n) is 9.13. The van der Waals surface area contributed by atoms with E-state index in [0.717, 1.165) is 11.8 Å². The number of aromatic nitrogens is 2. The van der Waals surface area contributed by atoms with Crippen molar-refractivity contribution in [2.45, 2.75) is 26.2 Å². The lowest BCUT2D eigenvalue weighted by Gasteiger charge is -2.25. The van der Waals surface area contributed by atoms with Crippen molar-refractivity contribution in [3.8, 4) is 11.4 Å². The summed E-state index contributed by atoms with van der Waals surface area (Å²) in [6.07, 6.45) is 5.74. The first-order valence-corrected chi connectivity index (χ1v) is 13.0. The highest BCUT2D eigenvalue weighted by Gasteiger charge is 2.23. The molecule has 0 unspecified atom stereocenters. The number of anilines is 1. The third-order valence-corrected chi connectivity index (χ3v) is 6.04. The highest BCUT2D eigenvalue weighted by molar-refractivity contribution is 7.92. The number of rotatable bonds is 7. The standard InChI is InChI=1S/C25H26ClN3O6S/c1-25(2,3)20-14-18(29-11-10-21(30)27-24(29)32)12-16(22(20)35-4)7-6-15-8-9-17(28-36(5,33)34)13-19(15)23(26)31/h6-14,28H,1-5H3,(H,27,30,32)/b7-6+. The van der Waals surface area contributed by atoms with Crippen LogP contribution in [0.4, 0.5) is 5.69 Å². The number of hydrogen-bond donors (Lipinski definition) is 2. The molecular formula is C25H26ClN3O6S. The number of hydrogen-bond acceptors (Lipinski definition) is 6. The van der Waals surface area contributed by atoms with Crippen LogP contribution in [0.15, 0.2) is 52.2 Å². The lowest BCUT2D eigenvalue weighted by Crippen LogP contribution is -2.28. The first kappa shape index (κ1) is 27.0. The molecule has 3 aromatic rings. The van der Waals surface area contributed by atoms with Crippen molar-refractivity contribution in [2.75, 3.05) is 18.1 Å². The van der Waals surface area contributed by atoms with E-state index in [9.17, 15) is 22.8 Å². The molecule has 0 aliphatic rings. The van der Waals surface area contributed by atoms with E-state index in [1.807, 2.05) is 26.8 Å². The highest BCUT2D eigenvalue weighted by Crippen LogP contribution is 2.37. The molecule has 1 aromatic heterocycles. The summed E-state index contributed by atoms with van der Waals surface area (Å²) in [5.74, 6) is 0.564. The summed E-state index contributed by atoms with van der Waals surface area (Å²) >= 11 is 5.77. The number of nitrogens with one attached hydrogen (secondary N) is 2. The van der Waals surface area contributed by atoms with Crippen molar-refractivity contribution in [1.82, 2.24) is 9.55 Å². The summed E-state index contributed by atoms with van der Waals surface area (Å²) in [6, 6.07) is 9.21. The van der Waals surface area contributed by atoms with Crippen LogP contribution >= 0.6 is 11.6 Å². The minimum absolute atomic E-state index is 0.101. The van der Waals surface area contributed by atoms with Gasteiger partial charge < -0.3 is 4.74 Å². The van der Waals surface area contributed by atoms with Gasteiger partial charge in [-0.3, -0.25) is 23.9 Å². The lowest BCUT2D eigenvalue weighted by atomic mass is 9.84. The normalized spacial score (nSPS) is 12.1. The maximum atomic E-state index is 12.5. The number of methoxy groups -OCH3 is 1. The van der Waals surface area contributed by atoms with E-state index in [0.29, 0.717) is 22.6 Å². The Morgan fingerprint density at radius 3 is 2.31 bits per heavy atom. The lowest BCUT2D eigenvalue weighted by molar-refractivity contribution is 0.108. The van der Waals surface area contributed by atoms with Crippen LogP contribution < -0.4 is 20.7 Å². The van der Waals surface area contributed by atoms with Crippen LogP contribution in [0.1, 0.15) is 47.8 Å². The minimum Gasteiger partial charge on any atom is -0.496 e. The van der Waals surface area contributed by atoms with E-state index >= 15 is 0 Å². The second-order valence-corrected chi connectivity index (χ2v) is 11.2. The summed E-state index contributed by atoms with van der Waals surface area (Å²) in [4.78, 5) is 38.3. The van der Waals surface area contributed by atoms with E-state index in [4.69, 9.17) is 16.3 Å². The van der Waals surface area contributed by atoms with Crippen molar-refractivity contribution >= 4 is 44.7 Å². The van der Waals surface area contributed by atoms with Gasteiger partial charge in [0, 0.05) is 34.6 Å². The predicted molar refractivity (Wildman–Crippen MR) is 142 cm³/mol. The number of ether oxygens (including phenoxy) is 1. The minimum atomic E-state index is -3.54. The zero-order valence-electron chi connectivity index (χ0n) is 20.4. The highest BCUT2D eigenvalue weighted by atomic mass is 35.5. The van der Waals surface area contributed by atoms with E-state index < -0.39 is 26.5 Å². The second kappa shape index (κ2) is 10.2. The number of carbonyl (C=O) groups is 1. The fourth-order valence-corrected chi connectivity index (χ4v) is 4.35. The average molecular weight is 532 g/mol. The van der Waals surface area contributed by atoms with Crippen molar-refractivity contribution in [1.29, 1.82) is 0 Å². The number of aromatic amines is 1. The Balaban J connectivity index is 2.20. The summed E-state index contributed by atoms with van der Waals surface area (Å²) in [6.45, 7) is 5.99. The molecule has 0 bridgehead atoms. The molecule has 0 spiro atoms. The maximum absolute atomic E-state index is 12.5. The van der Waals surface area contributed by atoms with E-state index in [1.165, 1.54) is 36.1 Å². The number of sulfonamides is 1. The number of benzene rings is 2. The molecule has 0 radical (unpaired) electrons. The maximum Gasteiger partial charge on any atom is 0.332 e. The van der Waals surface area contributed by atoms with Gasteiger partial charge >= 0.3 is 5.69 Å². The van der Waals surface area contributed by atoms with Crippen molar-refractivity contribution in [2.24, 2.45) is 0 Å². The number of carbonyl (C=O) groups excluding carboxylic acids is 1. The molecule has 190 valence electrons. The van der Waals surface area contributed by atoms with Crippen molar-refractivity contribution < 1.29 is 17.9 Å². The first-order valence-electron chi connectivity index (χ1n) is 10.7. The Labute approximate surface area is 213 Å². The molecule has 0 aliphatic carbocycles. The molecule has 0 aliphatic heterocycles. The van der Waals surface area contributed by atoms with Crippen LogP contribution in [0, 0.1) is 0 Å². The van der Waals surface area contributed by atoms with Gasteiger partial charge in [0.25, 0.3) is 10.8 Å². The topological polar surface area (TPSA) is 127 Å². The van der Waals surface area contributed by atoms with Crippen LogP contribution in [-0.2, 0) is 15.4 Å². The van der Waals surface area contributed by atoms with Crippen LogP contribution in [0.2, 0.25) is 0 Å². The summed E-state index contributed by atoms with van der Waals surface area (Å²) in [5, 5.41) is -0.761. The largest absolute Gasteiger partial charge is 0.496 e. The van der Waals surface area contributed by atoms with Gasteiger partial charge in [-0.15, -0.1) is 0 Å². The zero-order valence-corrected chi connectivity index (χ0v) is 22.0. The quantitative estimate of drug-likeness (QED) is 0.353. The fourth-order valence-electron chi connectivity index (χ4n) is 3.63. The van der Waals surface area contributed by atoms with Gasteiger partial charge in [0.05, 0.1) is 19.1 Å². The Hall–Kier alpha value is -3.63. The van der Waals surface area contributed by atoms with E-state index in [-0.39, 0.29) is 16.7 Å². The van der Waals surface area contributed by atoms with Gasteiger partial charge in [-0.25, -0.2) is 13.2 Å². The molecule has 0 atom stereocenters. The third kappa shape index (κ3) is 6.32. The Bertz CT molecular complexity index is 1580. The molecule has 9 nitrogen and oxygen atoms in total. The molecule has 0 saturated heterocycles. The van der Waals surface area contributed by atoms with Crippen LogP contribution in [0.3, 0.4) is 0 Å². The molecule has 2 N–H and O–H groups in total. The molecule has 36 heavy (non-hydrogen) atoms. The Morgan fingerprint density at radius 2 is 1.75 bits per heavy atom. The number of H-pyrrole nitrogens is 1. The monoisotopic (exact) mass is 531 g/mol. The third-order valence-electron chi connectivity index (χ3n) is 5.23. The van der Waals surface area contributed by atoms with Gasteiger partial charge in [-0.05, 0) is 46.8 Å². The molecule has 0 saturated carbocycles. The van der Waals surface area contributed by atoms with E-state index in [2.05, 4.69) is 9.71 Å². The zero-order chi connectivity index (χ0) is 26.8. The Morgan fingerprint density at radius 1 is 1.08 bits per heavy atom. The molecule has 3 rings (SSSR count). The SMILES string of the molecule is COc1c(/C=C/c2ccc(NS(C)(=O)=O)cc2C(=O)Cl)cc(-n2ccc(=O)[nH]c2=O)cc1C(C)(C)C. The smallest absolute Gasteiger partial charge is 0.332 e. The molecule has 11 heteroatoms. The van der Waals surface area contributed by atoms with Gasteiger partial charge in [-0.2, -0.15) is 0 Å². The van der Waals surface area contributed by atoms with Crippen molar-refractivity contribution in [3.63, 3.8) is 0 Å². The van der Waals surface area contributed by atoms with Crippen LogP contribution in [0.5, 0.6) is 5.75 Å². The molecule has 0 fully saturated rings. The number of nitrogens with zero attached hydrogens (tertiary/aromatic N) is 1. The molecule has 1 heterocycles. The fraction of sp³-hybridized carbons (Fsp3) is 0.240. The van der Waals surface area contributed by atoms with Crippen molar-refractivity contribution in [3.05, 3.63) is 85.7 Å².